The van der Waals surface area contributed by atoms with Crippen LogP contribution in [-0.2, 0) is 11.4 Å². The minimum Gasteiger partial charge on any atom is -0.506 e. The number of benzene rings is 3. The highest BCUT2D eigenvalue weighted by molar-refractivity contribution is 9.10. The first-order chi connectivity index (χ1) is 15.0. The molecule has 0 fully saturated rings. The Labute approximate surface area is 194 Å². The van der Waals surface area contributed by atoms with Gasteiger partial charge in [0.15, 0.2) is 0 Å². The van der Waals surface area contributed by atoms with Crippen LogP contribution in [0.3, 0.4) is 0 Å². The summed E-state index contributed by atoms with van der Waals surface area (Å²) in [6, 6.07) is 16.0. The molecule has 3 aromatic carbocycles. The number of carbonyl (C=O) groups excluding carboxylic acids is 1. The number of halogens is 2. The number of hydrogen-bond donors (Lipinski definition) is 1. The van der Waals surface area contributed by atoms with Crippen LogP contribution < -0.4 is 14.2 Å². The maximum absolute atomic E-state index is 11.4. The summed E-state index contributed by atoms with van der Waals surface area (Å²) in [7, 11) is 3.14. The zero-order chi connectivity index (χ0) is 22.4. The molecule has 160 valence electrons. The average Bonchev–Trinajstić information content (AvgIpc) is 2.79. The van der Waals surface area contributed by atoms with Crippen molar-refractivity contribution in [1.29, 1.82) is 0 Å². The van der Waals surface area contributed by atoms with E-state index in [4.69, 9.17) is 25.8 Å². The molecule has 7 heteroatoms. The van der Waals surface area contributed by atoms with Crippen molar-refractivity contribution < 1.29 is 24.1 Å². The van der Waals surface area contributed by atoms with Gasteiger partial charge in [0, 0.05) is 11.1 Å². The van der Waals surface area contributed by atoms with Crippen molar-refractivity contribution in [2.45, 2.75) is 6.61 Å². The van der Waals surface area contributed by atoms with Gasteiger partial charge in [0.25, 0.3) is 0 Å². The van der Waals surface area contributed by atoms with Crippen molar-refractivity contribution in [2.24, 2.45) is 0 Å². The Morgan fingerprint density at radius 1 is 1.03 bits per heavy atom. The highest BCUT2D eigenvalue weighted by atomic mass is 79.9. The second-order valence-electron chi connectivity index (χ2n) is 6.47. The predicted octanol–water partition coefficient (Wildman–Crippen LogP) is 6.03. The summed E-state index contributed by atoms with van der Waals surface area (Å²) < 4.78 is 17.4. The maximum atomic E-state index is 11.4. The smallest absolute Gasteiger partial charge is 0.143 e. The summed E-state index contributed by atoms with van der Waals surface area (Å²) in [5, 5.41) is 10.6. The molecule has 0 unspecified atom stereocenters. The average molecular weight is 504 g/mol. The molecule has 0 saturated heterocycles. The number of phenols is 1. The number of allylic oxidation sites excluding steroid dienone is 1. The number of aromatic hydroxyl groups is 1. The normalized spacial score (nSPS) is 11.2. The first kappa shape index (κ1) is 22.7. The van der Waals surface area contributed by atoms with E-state index in [1.165, 1.54) is 13.2 Å². The molecule has 5 nitrogen and oxygen atoms in total. The molecule has 0 aliphatic carbocycles. The van der Waals surface area contributed by atoms with E-state index < -0.39 is 0 Å². The summed E-state index contributed by atoms with van der Waals surface area (Å²) in [6.07, 6.45) is 2.00. The van der Waals surface area contributed by atoms with Crippen LogP contribution in [-0.4, -0.2) is 25.6 Å². The molecular weight excluding hydrogens is 484 g/mol. The van der Waals surface area contributed by atoms with Gasteiger partial charge in [-0.05, 0) is 63.5 Å². The Balaban J connectivity index is 2.01. The van der Waals surface area contributed by atoms with Crippen molar-refractivity contribution in [1.82, 2.24) is 0 Å². The molecule has 0 atom stereocenters. The molecule has 3 aromatic rings. The highest BCUT2D eigenvalue weighted by Gasteiger charge is 2.19. The van der Waals surface area contributed by atoms with Gasteiger partial charge in [-0.1, -0.05) is 35.9 Å². The van der Waals surface area contributed by atoms with E-state index >= 15 is 0 Å². The van der Waals surface area contributed by atoms with Gasteiger partial charge in [-0.25, -0.2) is 0 Å². The molecule has 0 aromatic heterocycles. The second kappa shape index (κ2) is 10.4. The van der Waals surface area contributed by atoms with Crippen LogP contribution in [0.15, 0.2) is 65.1 Å². The van der Waals surface area contributed by atoms with E-state index in [1.54, 1.807) is 37.4 Å². The molecule has 0 spiro atoms. The summed E-state index contributed by atoms with van der Waals surface area (Å²) >= 11 is 9.58. The van der Waals surface area contributed by atoms with E-state index in [0.29, 0.717) is 45.6 Å². The number of rotatable bonds is 8. The van der Waals surface area contributed by atoms with E-state index in [-0.39, 0.29) is 10.8 Å². The maximum Gasteiger partial charge on any atom is 0.143 e. The molecule has 1 N–H and O–H groups in total. The van der Waals surface area contributed by atoms with Gasteiger partial charge in [0.1, 0.15) is 35.9 Å². The molecular formula is C24H20BrClO5. The Hall–Kier alpha value is -2.96. The fourth-order valence-electron chi connectivity index (χ4n) is 3.03. The molecule has 0 radical (unpaired) electrons. The third kappa shape index (κ3) is 5.21. The largest absolute Gasteiger partial charge is 0.506 e. The van der Waals surface area contributed by atoms with Crippen LogP contribution in [0.5, 0.6) is 23.0 Å². The SMILES string of the molecule is COc1ccc(COc2cc(/C(=C/C=O)c3cccc(Cl)c3O)c(OC)cc2Br)cc1. The van der Waals surface area contributed by atoms with E-state index in [2.05, 4.69) is 15.9 Å². The van der Waals surface area contributed by atoms with Gasteiger partial charge >= 0.3 is 0 Å². The van der Waals surface area contributed by atoms with Crippen molar-refractivity contribution >= 4 is 39.4 Å². The van der Waals surface area contributed by atoms with Crippen molar-refractivity contribution in [3.8, 4) is 23.0 Å². The summed E-state index contributed by atoms with van der Waals surface area (Å²) in [5.41, 5.74) is 2.39. The van der Waals surface area contributed by atoms with Crippen LogP contribution in [0.2, 0.25) is 5.02 Å². The van der Waals surface area contributed by atoms with E-state index in [0.717, 1.165) is 11.3 Å². The Morgan fingerprint density at radius 2 is 1.77 bits per heavy atom. The molecule has 0 aliphatic rings. The monoisotopic (exact) mass is 502 g/mol. The van der Waals surface area contributed by atoms with Crippen molar-refractivity contribution in [3.63, 3.8) is 0 Å². The van der Waals surface area contributed by atoms with E-state index in [9.17, 15) is 9.90 Å². The summed E-state index contributed by atoms with van der Waals surface area (Å²) in [4.78, 5) is 11.4. The second-order valence-corrected chi connectivity index (χ2v) is 7.73. The summed E-state index contributed by atoms with van der Waals surface area (Å²) in [5.74, 6) is 1.69. The Bertz CT molecular complexity index is 1110. The third-order valence-corrected chi connectivity index (χ3v) is 5.53. The van der Waals surface area contributed by atoms with Crippen LogP contribution in [0.4, 0.5) is 0 Å². The minimum absolute atomic E-state index is 0.122. The fraction of sp³-hybridized carbons (Fsp3) is 0.125. The lowest BCUT2D eigenvalue weighted by Crippen LogP contribution is -2.00. The number of aldehydes is 1. The number of para-hydroxylation sites is 1. The van der Waals surface area contributed by atoms with Crippen molar-refractivity contribution in [2.75, 3.05) is 14.2 Å². The van der Waals surface area contributed by atoms with Gasteiger partial charge in [0.2, 0.25) is 0 Å². The zero-order valence-electron chi connectivity index (χ0n) is 16.9. The molecule has 0 amide bonds. The molecule has 0 aliphatic heterocycles. The zero-order valence-corrected chi connectivity index (χ0v) is 19.2. The Kier molecular flexibility index (Phi) is 7.60. The molecule has 0 saturated carbocycles. The van der Waals surface area contributed by atoms with Crippen LogP contribution in [0.25, 0.3) is 5.57 Å². The number of methoxy groups -OCH3 is 2. The van der Waals surface area contributed by atoms with Crippen LogP contribution in [0.1, 0.15) is 16.7 Å². The highest BCUT2D eigenvalue weighted by Crippen LogP contribution is 2.42. The summed E-state index contributed by atoms with van der Waals surface area (Å²) in [6.45, 7) is 0.323. The predicted molar refractivity (Wildman–Crippen MR) is 124 cm³/mol. The third-order valence-electron chi connectivity index (χ3n) is 4.61. The lowest BCUT2D eigenvalue weighted by atomic mass is 9.95. The van der Waals surface area contributed by atoms with E-state index in [1.807, 2.05) is 24.3 Å². The number of phenolic OH excluding ortho intramolecular Hbond substituents is 1. The minimum atomic E-state index is -0.122. The standard InChI is InChI=1S/C24H20BrClO5/c1-29-16-8-6-15(7-9-16)14-31-23-12-19(22(30-2)13-20(23)25)17(10-11-27)18-4-3-5-21(26)24(18)28/h3-13,28H,14H2,1-2H3/b17-10+. The number of ether oxygens (including phenoxy) is 3. The van der Waals surface area contributed by atoms with Gasteiger partial charge < -0.3 is 19.3 Å². The lowest BCUT2D eigenvalue weighted by molar-refractivity contribution is -0.104. The number of hydrogen-bond acceptors (Lipinski definition) is 5. The van der Waals surface area contributed by atoms with Gasteiger partial charge in [-0.2, -0.15) is 0 Å². The topological polar surface area (TPSA) is 65.0 Å². The molecule has 3 rings (SSSR count). The van der Waals surface area contributed by atoms with Crippen molar-refractivity contribution in [3.05, 3.63) is 86.9 Å². The van der Waals surface area contributed by atoms with Crippen LogP contribution in [0, 0.1) is 0 Å². The molecule has 31 heavy (non-hydrogen) atoms. The quantitative estimate of drug-likeness (QED) is 0.300. The lowest BCUT2D eigenvalue weighted by Gasteiger charge is -2.17. The molecule has 0 heterocycles. The van der Waals surface area contributed by atoms with Gasteiger partial charge in [0.05, 0.1) is 23.7 Å². The van der Waals surface area contributed by atoms with Gasteiger partial charge in [-0.3, -0.25) is 4.79 Å². The van der Waals surface area contributed by atoms with Crippen LogP contribution >= 0.6 is 27.5 Å². The number of carbonyl (C=O) groups is 1. The first-order valence-corrected chi connectivity index (χ1v) is 10.4. The first-order valence-electron chi connectivity index (χ1n) is 9.25. The molecule has 0 bridgehead atoms. The Morgan fingerprint density at radius 3 is 2.42 bits per heavy atom. The fourth-order valence-corrected chi connectivity index (χ4v) is 3.64. The van der Waals surface area contributed by atoms with Gasteiger partial charge in [-0.15, -0.1) is 0 Å².